The predicted octanol–water partition coefficient (Wildman–Crippen LogP) is 4.40. The molecule has 1 aliphatic heterocycles. The molecule has 0 N–H and O–H groups in total. The Kier molecular flexibility index (Phi) is 5.66. The summed E-state index contributed by atoms with van der Waals surface area (Å²) in [4.78, 5) is 28.8. The molecule has 2 aromatic carbocycles. The minimum absolute atomic E-state index is 0.273. The standard InChI is InChI=1S/C23H21NO4S2/c1-27-21(25)19-18(29-3)13-23(20(19)22(26)28-2)24(14-15-9-5-4-6-10-15)16-11-7-8-12-17(16)30-23/h4-13H,14H2,1-3H3. The SMILES string of the molecule is COC(=O)C1=C(C(=O)OC)C2(C=C1SC)Sc1ccccc1N2Cc1ccccc1. The highest BCUT2D eigenvalue weighted by molar-refractivity contribution is 8.03. The molecule has 1 unspecified atom stereocenters. The lowest BCUT2D eigenvalue weighted by atomic mass is 10.0. The minimum Gasteiger partial charge on any atom is -0.466 e. The van der Waals surface area contributed by atoms with Crippen molar-refractivity contribution in [1.29, 1.82) is 0 Å². The Hall–Kier alpha value is -2.64. The first-order chi connectivity index (χ1) is 14.6. The molecule has 7 heteroatoms. The van der Waals surface area contributed by atoms with Crippen molar-refractivity contribution in [1.82, 2.24) is 0 Å². The third-order valence-electron chi connectivity index (χ3n) is 5.19. The van der Waals surface area contributed by atoms with Crippen LogP contribution in [0, 0.1) is 0 Å². The Morgan fingerprint density at radius 2 is 1.67 bits per heavy atom. The van der Waals surface area contributed by atoms with E-state index in [0.717, 1.165) is 16.1 Å². The van der Waals surface area contributed by atoms with Crippen molar-refractivity contribution in [2.45, 2.75) is 16.3 Å². The van der Waals surface area contributed by atoms with Gasteiger partial charge in [-0.05, 0) is 30.0 Å². The average molecular weight is 440 g/mol. The lowest BCUT2D eigenvalue weighted by Crippen LogP contribution is -2.44. The van der Waals surface area contributed by atoms with Gasteiger partial charge in [-0.1, -0.05) is 54.2 Å². The first kappa shape index (κ1) is 20.6. The fraction of sp³-hybridized carbons (Fsp3) is 0.217. The van der Waals surface area contributed by atoms with Crippen LogP contribution in [-0.4, -0.2) is 37.3 Å². The average Bonchev–Trinajstić information content (AvgIpc) is 3.28. The smallest absolute Gasteiger partial charge is 0.339 e. The number of nitrogens with zero attached hydrogens (tertiary/aromatic N) is 1. The zero-order valence-corrected chi connectivity index (χ0v) is 18.5. The molecular weight excluding hydrogens is 418 g/mol. The van der Waals surface area contributed by atoms with Gasteiger partial charge in [0.25, 0.3) is 0 Å². The number of benzene rings is 2. The second kappa shape index (κ2) is 8.24. The number of methoxy groups -OCH3 is 2. The number of thioether (sulfide) groups is 2. The van der Waals surface area contributed by atoms with E-state index in [2.05, 4.69) is 17.0 Å². The molecule has 1 spiro atoms. The van der Waals surface area contributed by atoms with Crippen molar-refractivity contribution in [2.24, 2.45) is 0 Å². The Morgan fingerprint density at radius 3 is 2.33 bits per heavy atom. The van der Waals surface area contributed by atoms with Crippen molar-refractivity contribution >= 4 is 41.1 Å². The Bertz CT molecular complexity index is 1060. The van der Waals surface area contributed by atoms with E-state index in [9.17, 15) is 9.59 Å². The Balaban J connectivity index is 1.95. The highest BCUT2D eigenvalue weighted by Gasteiger charge is 2.55. The maximum atomic E-state index is 13.0. The predicted molar refractivity (Wildman–Crippen MR) is 120 cm³/mol. The highest BCUT2D eigenvalue weighted by atomic mass is 32.2. The van der Waals surface area contributed by atoms with Crippen LogP contribution < -0.4 is 4.90 Å². The topological polar surface area (TPSA) is 55.8 Å². The van der Waals surface area contributed by atoms with Crippen LogP contribution >= 0.6 is 23.5 Å². The number of esters is 2. The van der Waals surface area contributed by atoms with E-state index in [1.807, 2.05) is 54.8 Å². The molecule has 1 aliphatic carbocycles. The summed E-state index contributed by atoms with van der Waals surface area (Å²) < 4.78 is 10.2. The number of para-hydroxylation sites is 1. The number of carbonyl (C=O) groups excluding carboxylic acids is 2. The van der Waals surface area contributed by atoms with Gasteiger partial charge in [-0.15, -0.1) is 11.8 Å². The summed E-state index contributed by atoms with van der Waals surface area (Å²) >= 11 is 2.96. The molecule has 154 valence electrons. The van der Waals surface area contributed by atoms with Gasteiger partial charge < -0.3 is 14.4 Å². The van der Waals surface area contributed by atoms with Crippen molar-refractivity contribution in [3.63, 3.8) is 0 Å². The molecule has 2 aliphatic rings. The summed E-state index contributed by atoms with van der Waals surface area (Å²) in [6.45, 7) is 0.567. The van der Waals surface area contributed by atoms with Gasteiger partial charge in [0, 0.05) is 16.3 Å². The molecule has 0 saturated carbocycles. The van der Waals surface area contributed by atoms with E-state index >= 15 is 0 Å². The van der Waals surface area contributed by atoms with E-state index in [1.54, 1.807) is 11.8 Å². The van der Waals surface area contributed by atoms with E-state index in [0.29, 0.717) is 17.0 Å². The fourth-order valence-corrected chi connectivity index (χ4v) is 6.13. The van der Waals surface area contributed by atoms with Gasteiger partial charge in [0.15, 0.2) is 0 Å². The minimum atomic E-state index is -0.894. The number of hydrogen-bond donors (Lipinski definition) is 0. The Labute approximate surface area is 184 Å². The molecule has 5 nitrogen and oxygen atoms in total. The van der Waals surface area contributed by atoms with Gasteiger partial charge >= 0.3 is 11.9 Å². The second-order valence-electron chi connectivity index (χ2n) is 6.78. The summed E-state index contributed by atoms with van der Waals surface area (Å²) in [5.41, 5.74) is 2.69. The first-order valence-corrected chi connectivity index (χ1v) is 11.4. The number of anilines is 1. The fourth-order valence-electron chi connectivity index (χ4n) is 3.87. The monoisotopic (exact) mass is 439 g/mol. The molecule has 0 aromatic heterocycles. The molecule has 0 saturated heterocycles. The van der Waals surface area contributed by atoms with Crippen molar-refractivity contribution < 1.29 is 19.1 Å². The third kappa shape index (κ3) is 3.22. The van der Waals surface area contributed by atoms with Crippen LogP contribution in [-0.2, 0) is 25.6 Å². The molecule has 0 radical (unpaired) electrons. The van der Waals surface area contributed by atoms with Crippen LogP contribution in [0.2, 0.25) is 0 Å². The summed E-state index contributed by atoms with van der Waals surface area (Å²) in [5, 5.41) is 0. The zero-order valence-electron chi connectivity index (χ0n) is 16.9. The van der Waals surface area contributed by atoms with Crippen LogP contribution in [0.25, 0.3) is 0 Å². The molecule has 0 amide bonds. The second-order valence-corrected chi connectivity index (χ2v) is 8.90. The van der Waals surface area contributed by atoms with Crippen LogP contribution in [0.4, 0.5) is 5.69 Å². The summed E-state index contributed by atoms with van der Waals surface area (Å²) in [6.07, 6.45) is 3.88. The van der Waals surface area contributed by atoms with E-state index in [1.165, 1.54) is 26.0 Å². The van der Waals surface area contributed by atoms with Crippen molar-refractivity contribution in [3.8, 4) is 0 Å². The molecule has 4 rings (SSSR count). The van der Waals surface area contributed by atoms with E-state index in [4.69, 9.17) is 9.47 Å². The molecule has 0 fully saturated rings. The van der Waals surface area contributed by atoms with Gasteiger partial charge in [-0.25, -0.2) is 9.59 Å². The van der Waals surface area contributed by atoms with Crippen LogP contribution in [0.3, 0.4) is 0 Å². The number of rotatable bonds is 5. The molecule has 1 heterocycles. The Morgan fingerprint density at radius 1 is 1.00 bits per heavy atom. The first-order valence-electron chi connectivity index (χ1n) is 9.34. The number of carbonyl (C=O) groups is 2. The van der Waals surface area contributed by atoms with E-state index in [-0.39, 0.29) is 5.57 Å². The van der Waals surface area contributed by atoms with Crippen molar-refractivity contribution in [2.75, 3.05) is 25.4 Å². The molecule has 0 bridgehead atoms. The highest BCUT2D eigenvalue weighted by Crippen LogP contribution is 2.59. The molecule has 30 heavy (non-hydrogen) atoms. The summed E-state index contributed by atoms with van der Waals surface area (Å²) in [6, 6.07) is 18.1. The number of hydrogen-bond acceptors (Lipinski definition) is 7. The van der Waals surface area contributed by atoms with Crippen molar-refractivity contribution in [3.05, 3.63) is 82.3 Å². The van der Waals surface area contributed by atoms with E-state index < -0.39 is 16.8 Å². The van der Waals surface area contributed by atoms with Gasteiger partial charge in [-0.3, -0.25) is 0 Å². The lowest BCUT2D eigenvalue weighted by Gasteiger charge is -2.36. The largest absolute Gasteiger partial charge is 0.466 e. The maximum absolute atomic E-state index is 13.0. The van der Waals surface area contributed by atoms with Gasteiger partial charge in [0.05, 0.1) is 31.1 Å². The van der Waals surface area contributed by atoms with Gasteiger partial charge in [0.2, 0.25) is 0 Å². The lowest BCUT2D eigenvalue weighted by molar-refractivity contribution is -0.139. The number of ether oxygens (including phenoxy) is 2. The van der Waals surface area contributed by atoms with Gasteiger partial charge in [-0.2, -0.15) is 0 Å². The zero-order chi connectivity index (χ0) is 21.3. The molecular formula is C23H21NO4S2. The maximum Gasteiger partial charge on any atom is 0.339 e. The van der Waals surface area contributed by atoms with Crippen LogP contribution in [0.5, 0.6) is 0 Å². The van der Waals surface area contributed by atoms with Crippen LogP contribution in [0.1, 0.15) is 5.56 Å². The quantitative estimate of drug-likeness (QED) is 0.640. The molecule has 1 atom stereocenters. The normalized spacial score (nSPS) is 19.7. The molecule has 2 aromatic rings. The summed E-state index contributed by atoms with van der Waals surface area (Å²) in [5.74, 6) is -1.07. The third-order valence-corrected chi connectivity index (χ3v) is 7.37. The van der Waals surface area contributed by atoms with Gasteiger partial charge in [0.1, 0.15) is 4.87 Å². The van der Waals surface area contributed by atoms with Crippen LogP contribution in [0.15, 0.2) is 81.6 Å². The summed E-state index contributed by atoms with van der Waals surface area (Å²) in [7, 11) is 2.66. The number of fused-ring (bicyclic) bond motifs is 1.